The summed E-state index contributed by atoms with van der Waals surface area (Å²) in [6.07, 6.45) is 2.00. The van der Waals surface area contributed by atoms with Gasteiger partial charge in [-0.15, -0.1) is 0 Å². The first-order valence-corrected chi connectivity index (χ1v) is 7.76. The van der Waals surface area contributed by atoms with E-state index in [1.165, 1.54) is 38.3 Å². The molecule has 1 aromatic rings. The number of anilines is 1. The number of rotatable bonds is 4. The zero-order chi connectivity index (χ0) is 15.0. The third kappa shape index (κ3) is 5.10. The Labute approximate surface area is 124 Å². The van der Waals surface area contributed by atoms with Crippen molar-refractivity contribution in [3.8, 4) is 0 Å². The van der Waals surface area contributed by atoms with Crippen LogP contribution in [0.5, 0.6) is 0 Å². The van der Waals surface area contributed by atoms with E-state index in [4.69, 9.17) is 0 Å². The predicted octanol–water partition coefficient (Wildman–Crippen LogP) is 2.31. The Hall–Kier alpha value is -1.13. The van der Waals surface area contributed by atoms with Crippen molar-refractivity contribution in [1.29, 1.82) is 0 Å². The maximum absolute atomic E-state index is 4.46. The Kier molecular flexibility index (Phi) is 7.55. The highest BCUT2D eigenvalue weighted by Gasteiger charge is 2.15. The van der Waals surface area contributed by atoms with E-state index in [0.717, 1.165) is 12.4 Å². The van der Waals surface area contributed by atoms with Crippen molar-refractivity contribution in [1.82, 2.24) is 14.8 Å². The van der Waals surface area contributed by atoms with Crippen LogP contribution in [0.1, 0.15) is 26.3 Å². The van der Waals surface area contributed by atoms with E-state index >= 15 is 0 Å². The average Bonchev–Trinajstić information content (AvgIpc) is 2.50. The summed E-state index contributed by atoms with van der Waals surface area (Å²) in [5, 5.41) is 0. The van der Waals surface area contributed by atoms with Gasteiger partial charge in [0.05, 0.1) is 0 Å². The van der Waals surface area contributed by atoms with Gasteiger partial charge >= 0.3 is 0 Å². The maximum Gasteiger partial charge on any atom is 0.127 e. The summed E-state index contributed by atoms with van der Waals surface area (Å²) in [4.78, 5) is 11.5. The molecule has 0 saturated carbocycles. The van der Waals surface area contributed by atoms with Crippen molar-refractivity contribution < 1.29 is 0 Å². The molecule has 1 fully saturated rings. The number of pyridine rings is 1. The minimum Gasteiger partial charge on any atom is -0.363 e. The van der Waals surface area contributed by atoms with E-state index in [2.05, 4.69) is 33.8 Å². The smallest absolute Gasteiger partial charge is 0.127 e. The zero-order valence-electron chi connectivity index (χ0n) is 13.8. The summed E-state index contributed by atoms with van der Waals surface area (Å²) < 4.78 is 0. The molecule has 1 aliphatic heterocycles. The van der Waals surface area contributed by atoms with Gasteiger partial charge in [0.2, 0.25) is 0 Å². The molecule has 1 saturated heterocycles. The Balaban J connectivity index is 0.000000956. The van der Waals surface area contributed by atoms with Gasteiger partial charge in [0.25, 0.3) is 0 Å². The van der Waals surface area contributed by atoms with Crippen LogP contribution in [0.25, 0.3) is 0 Å². The molecule has 0 aliphatic carbocycles. The molecule has 0 radical (unpaired) electrons. The lowest BCUT2D eigenvalue weighted by Crippen LogP contribution is -2.45. The highest BCUT2D eigenvalue weighted by molar-refractivity contribution is 5.37. The molecule has 0 N–H and O–H groups in total. The van der Waals surface area contributed by atoms with Crippen LogP contribution < -0.4 is 4.90 Å². The highest BCUT2D eigenvalue weighted by Crippen LogP contribution is 2.11. The molecule has 20 heavy (non-hydrogen) atoms. The molecule has 2 heterocycles. The molecule has 114 valence electrons. The number of likely N-dealkylation sites (N-methyl/N-ethyl adjacent to an activating group) is 1. The fourth-order valence-electron chi connectivity index (χ4n) is 2.30. The molecule has 0 bridgehead atoms. The second-order valence-electron chi connectivity index (χ2n) is 5.13. The van der Waals surface area contributed by atoms with Crippen molar-refractivity contribution in [2.75, 3.05) is 51.7 Å². The number of hydrogen-bond donors (Lipinski definition) is 0. The SMILES string of the molecule is CC.CCN1CCN(Cc2ccc(N(C)C)nc2)CC1. The third-order valence-electron chi connectivity index (χ3n) is 3.59. The zero-order valence-corrected chi connectivity index (χ0v) is 13.8. The summed E-state index contributed by atoms with van der Waals surface area (Å²) in [6.45, 7) is 13.2. The average molecular weight is 278 g/mol. The molecule has 0 spiro atoms. The van der Waals surface area contributed by atoms with Gasteiger partial charge in [-0.3, -0.25) is 4.90 Å². The standard InChI is InChI=1S/C14H24N4.C2H6/c1-4-17-7-9-18(10-8-17)12-13-5-6-14(15-11-13)16(2)3;1-2/h5-6,11H,4,7-10,12H2,1-3H3;1-2H3. The highest BCUT2D eigenvalue weighted by atomic mass is 15.3. The Bertz CT molecular complexity index is 353. The molecule has 4 nitrogen and oxygen atoms in total. The van der Waals surface area contributed by atoms with Gasteiger partial charge in [0.1, 0.15) is 5.82 Å². The summed E-state index contributed by atoms with van der Waals surface area (Å²) in [7, 11) is 4.04. The molecule has 4 heteroatoms. The number of piperazine rings is 1. The van der Waals surface area contributed by atoms with Gasteiger partial charge in [-0.2, -0.15) is 0 Å². The fraction of sp³-hybridized carbons (Fsp3) is 0.688. The van der Waals surface area contributed by atoms with E-state index in [1.54, 1.807) is 0 Å². The van der Waals surface area contributed by atoms with Crippen molar-refractivity contribution in [2.45, 2.75) is 27.3 Å². The topological polar surface area (TPSA) is 22.6 Å². The maximum atomic E-state index is 4.46. The largest absolute Gasteiger partial charge is 0.363 e. The summed E-state index contributed by atoms with van der Waals surface area (Å²) in [5.41, 5.74) is 1.31. The second-order valence-corrected chi connectivity index (χ2v) is 5.13. The quantitative estimate of drug-likeness (QED) is 0.843. The first-order chi connectivity index (χ1) is 9.69. The Morgan fingerprint density at radius 3 is 2.10 bits per heavy atom. The summed E-state index contributed by atoms with van der Waals surface area (Å²) in [6, 6.07) is 4.28. The minimum absolute atomic E-state index is 1.02. The second kappa shape index (κ2) is 8.93. The predicted molar refractivity (Wildman–Crippen MR) is 87.3 cm³/mol. The first kappa shape index (κ1) is 16.9. The first-order valence-electron chi connectivity index (χ1n) is 7.76. The van der Waals surface area contributed by atoms with Crippen LogP contribution >= 0.6 is 0 Å². The third-order valence-corrected chi connectivity index (χ3v) is 3.59. The van der Waals surface area contributed by atoms with Gasteiger partial charge in [0.15, 0.2) is 0 Å². The van der Waals surface area contributed by atoms with Crippen LogP contribution in [0, 0.1) is 0 Å². The van der Waals surface area contributed by atoms with Crippen LogP contribution in [-0.4, -0.2) is 61.6 Å². The molecule has 0 unspecified atom stereocenters. The molecule has 1 aliphatic rings. The lowest BCUT2D eigenvalue weighted by atomic mass is 10.2. The van der Waals surface area contributed by atoms with Gasteiger partial charge < -0.3 is 9.80 Å². The Morgan fingerprint density at radius 2 is 1.65 bits per heavy atom. The van der Waals surface area contributed by atoms with Crippen LogP contribution in [0.2, 0.25) is 0 Å². The van der Waals surface area contributed by atoms with Crippen molar-refractivity contribution >= 4 is 5.82 Å². The molecule has 0 amide bonds. The number of nitrogens with zero attached hydrogens (tertiary/aromatic N) is 4. The number of hydrogen-bond acceptors (Lipinski definition) is 4. The monoisotopic (exact) mass is 278 g/mol. The van der Waals surface area contributed by atoms with E-state index in [1.807, 2.05) is 39.0 Å². The Morgan fingerprint density at radius 1 is 1.05 bits per heavy atom. The van der Waals surface area contributed by atoms with E-state index in [0.29, 0.717) is 0 Å². The lowest BCUT2D eigenvalue weighted by Gasteiger charge is -2.33. The number of aromatic nitrogens is 1. The van der Waals surface area contributed by atoms with Crippen molar-refractivity contribution in [3.63, 3.8) is 0 Å². The van der Waals surface area contributed by atoms with Gasteiger partial charge in [-0.25, -0.2) is 4.98 Å². The normalized spacial score (nSPS) is 16.4. The molecule has 0 atom stereocenters. The fourth-order valence-corrected chi connectivity index (χ4v) is 2.30. The van der Waals surface area contributed by atoms with Crippen molar-refractivity contribution in [2.24, 2.45) is 0 Å². The van der Waals surface area contributed by atoms with Gasteiger partial charge in [-0.1, -0.05) is 26.8 Å². The molecule has 0 aromatic carbocycles. The van der Waals surface area contributed by atoms with Crippen LogP contribution in [0.3, 0.4) is 0 Å². The van der Waals surface area contributed by atoms with E-state index < -0.39 is 0 Å². The minimum atomic E-state index is 1.02. The molecular formula is C16H30N4. The molecular weight excluding hydrogens is 248 g/mol. The van der Waals surface area contributed by atoms with Crippen LogP contribution in [0.4, 0.5) is 5.82 Å². The van der Waals surface area contributed by atoms with Crippen LogP contribution in [-0.2, 0) is 6.54 Å². The van der Waals surface area contributed by atoms with Gasteiger partial charge in [0, 0.05) is 53.0 Å². The van der Waals surface area contributed by atoms with Crippen molar-refractivity contribution in [3.05, 3.63) is 23.9 Å². The molecule has 1 aromatic heterocycles. The lowest BCUT2D eigenvalue weighted by molar-refractivity contribution is 0.132. The molecule has 2 rings (SSSR count). The van der Waals surface area contributed by atoms with E-state index in [9.17, 15) is 0 Å². The summed E-state index contributed by atoms with van der Waals surface area (Å²) in [5.74, 6) is 1.02. The van der Waals surface area contributed by atoms with Gasteiger partial charge in [-0.05, 0) is 18.2 Å². The summed E-state index contributed by atoms with van der Waals surface area (Å²) >= 11 is 0. The van der Waals surface area contributed by atoms with Crippen LogP contribution in [0.15, 0.2) is 18.3 Å². The van der Waals surface area contributed by atoms with E-state index in [-0.39, 0.29) is 0 Å².